The molecule has 0 atom stereocenters. The third kappa shape index (κ3) is 2.06. The van der Waals surface area contributed by atoms with E-state index in [0.29, 0.717) is 0 Å². The summed E-state index contributed by atoms with van der Waals surface area (Å²) in [7, 11) is 2.02. The Bertz CT molecular complexity index is 273. The first kappa shape index (κ1) is 8.78. The SMILES string of the molecule is Cn1ccn(CCCN)c1=[Se]. The molecule has 0 spiro atoms. The molecule has 62 valence electrons. The molecule has 1 rings (SSSR count). The zero-order valence-electron chi connectivity index (χ0n) is 6.66. The van der Waals surface area contributed by atoms with Crippen LogP contribution in [0.25, 0.3) is 0 Å². The van der Waals surface area contributed by atoms with Crippen LogP contribution in [0.4, 0.5) is 0 Å². The van der Waals surface area contributed by atoms with Crippen LogP contribution in [0.2, 0.25) is 0 Å². The summed E-state index contributed by atoms with van der Waals surface area (Å²) in [5.74, 6) is 0. The third-order valence-corrected chi connectivity index (χ3v) is 2.72. The number of nitrogens with zero attached hydrogens (tertiary/aromatic N) is 2. The molecule has 2 N–H and O–H groups in total. The van der Waals surface area contributed by atoms with Crippen LogP contribution in [0.1, 0.15) is 6.42 Å². The van der Waals surface area contributed by atoms with Gasteiger partial charge in [-0.3, -0.25) is 0 Å². The maximum absolute atomic E-state index is 5.40. The first-order valence-electron chi connectivity index (χ1n) is 3.67. The fraction of sp³-hybridized carbons (Fsp3) is 0.571. The Hall–Kier alpha value is -0.311. The number of hydrogen-bond acceptors (Lipinski definition) is 1. The Kier molecular flexibility index (Phi) is 3.12. The van der Waals surface area contributed by atoms with Gasteiger partial charge in [0.2, 0.25) is 0 Å². The molecular weight excluding hydrogens is 205 g/mol. The molecule has 0 saturated carbocycles. The molecule has 0 aliphatic heterocycles. The fourth-order valence-electron chi connectivity index (χ4n) is 0.942. The van der Waals surface area contributed by atoms with E-state index in [1.807, 2.05) is 13.2 Å². The molecule has 0 unspecified atom stereocenters. The monoisotopic (exact) mass is 219 g/mol. The van der Waals surface area contributed by atoms with Crippen molar-refractivity contribution in [2.45, 2.75) is 13.0 Å². The summed E-state index contributed by atoms with van der Waals surface area (Å²) in [5, 5.41) is 0. The third-order valence-electron chi connectivity index (χ3n) is 1.62. The van der Waals surface area contributed by atoms with Gasteiger partial charge in [0.25, 0.3) is 0 Å². The van der Waals surface area contributed by atoms with Crippen molar-refractivity contribution in [2.75, 3.05) is 6.54 Å². The minimum atomic E-state index is 0.751. The Morgan fingerprint density at radius 2 is 2.27 bits per heavy atom. The van der Waals surface area contributed by atoms with Crippen molar-refractivity contribution in [3.8, 4) is 0 Å². The van der Waals surface area contributed by atoms with Gasteiger partial charge in [-0.2, -0.15) is 0 Å². The van der Waals surface area contributed by atoms with Gasteiger partial charge in [0.1, 0.15) is 0 Å². The average molecular weight is 218 g/mol. The predicted molar refractivity (Wildman–Crippen MR) is 46.1 cm³/mol. The summed E-state index contributed by atoms with van der Waals surface area (Å²) < 4.78 is 5.36. The second-order valence-corrected chi connectivity index (χ2v) is 3.29. The van der Waals surface area contributed by atoms with E-state index in [0.717, 1.165) is 23.8 Å². The molecule has 1 aromatic rings. The van der Waals surface area contributed by atoms with Gasteiger partial charge < -0.3 is 0 Å². The summed E-state index contributed by atoms with van der Waals surface area (Å²) in [5.41, 5.74) is 5.40. The van der Waals surface area contributed by atoms with Crippen LogP contribution in [0.15, 0.2) is 12.4 Å². The van der Waals surface area contributed by atoms with E-state index >= 15 is 0 Å². The average Bonchev–Trinajstić information content (AvgIpc) is 2.31. The van der Waals surface area contributed by atoms with Gasteiger partial charge in [-0.1, -0.05) is 0 Å². The van der Waals surface area contributed by atoms with Gasteiger partial charge in [-0.25, -0.2) is 0 Å². The van der Waals surface area contributed by atoms with Gasteiger partial charge in [-0.05, 0) is 0 Å². The molecule has 0 radical (unpaired) electrons. The van der Waals surface area contributed by atoms with E-state index in [4.69, 9.17) is 5.73 Å². The van der Waals surface area contributed by atoms with Crippen LogP contribution in [-0.4, -0.2) is 31.3 Å². The Morgan fingerprint density at radius 1 is 1.55 bits per heavy atom. The standard InChI is InChI=1S/C7H13N3Se/c1-9-5-6-10(7(9)11)4-2-3-8/h5-6H,2-4,8H2,1H3. The fourth-order valence-corrected chi connectivity index (χ4v) is 1.39. The molecule has 0 bridgehead atoms. The molecule has 0 aliphatic rings. The zero-order chi connectivity index (χ0) is 8.27. The number of nitrogens with two attached hydrogens (primary N) is 1. The Morgan fingerprint density at radius 3 is 2.73 bits per heavy atom. The van der Waals surface area contributed by atoms with Crippen LogP contribution < -0.4 is 5.73 Å². The number of hydrogen-bond donors (Lipinski definition) is 1. The molecule has 0 saturated heterocycles. The quantitative estimate of drug-likeness (QED) is 0.705. The number of aromatic nitrogens is 2. The Labute approximate surface area is 74.2 Å². The summed E-state index contributed by atoms with van der Waals surface area (Å²) in [6.07, 6.45) is 5.12. The summed E-state index contributed by atoms with van der Waals surface area (Å²) >= 11 is 3.01. The van der Waals surface area contributed by atoms with Crippen LogP contribution in [-0.2, 0) is 13.6 Å². The molecule has 0 aliphatic carbocycles. The van der Waals surface area contributed by atoms with Crippen molar-refractivity contribution in [3.63, 3.8) is 0 Å². The van der Waals surface area contributed by atoms with E-state index in [1.54, 1.807) is 0 Å². The van der Waals surface area contributed by atoms with Crippen molar-refractivity contribution in [1.82, 2.24) is 9.13 Å². The second-order valence-electron chi connectivity index (χ2n) is 2.53. The van der Waals surface area contributed by atoms with Crippen LogP contribution >= 0.6 is 0 Å². The zero-order valence-corrected chi connectivity index (χ0v) is 8.37. The molecule has 4 heteroatoms. The molecule has 3 nitrogen and oxygen atoms in total. The van der Waals surface area contributed by atoms with E-state index in [2.05, 4.69) is 30.9 Å². The first-order chi connectivity index (χ1) is 5.25. The van der Waals surface area contributed by atoms with Gasteiger partial charge >= 0.3 is 73.7 Å². The van der Waals surface area contributed by atoms with Crippen LogP contribution in [0.3, 0.4) is 0 Å². The van der Waals surface area contributed by atoms with Crippen molar-refractivity contribution in [2.24, 2.45) is 12.8 Å². The van der Waals surface area contributed by atoms with Gasteiger partial charge in [0.05, 0.1) is 0 Å². The van der Waals surface area contributed by atoms with Crippen molar-refractivity contribution in [3.05, 3.63) is 16.7 Å². The van der Waals surface area contributed by atoms with Crippen LogP contribution in [0.5, 0.6) is 0 Å². The van der Waals surface area contributed by atoms with Gasteiger partial charge in [0.15, 0.2) is 0 Å². The first-order valence-corrected chi connectivity index (χ1v) is 4.53. The predicted octanol–water partition coefficient (Wildman–Crippen LogP) is -0.124. The molecular formula is C7H13N3Se. The molecule has 0 aromatic carbocycles. The van der Waals surface area contributed by atoms with Crippen molar-refractivity contribution < 1.29 is 0 Å². The van der Waals surface area contributed by atoms with E-state index < -0.39 is 0 Å². The van der Waals surface area contributed by atoms with E-state index in [9.17, 15) is 0 Å². The molecule has 0 fully saturated rings. The minimum absolute atomic E-state index is 0.751. The maximum atomic E-state index is 5.40. The molecule has 1 aromatic heterocycles. The van der Waals surface area contributed by atoms with Crippen molar-refractivity contribution in [1.29, 1.82) is 0 Å². The summed E-state index contributed by atoms with van der Waals surface area (Å²) in [6.45, 7) is 1.75. The number of rotatable bonds is 3. The second kappa shape index (κ2) is 3.90. The Balaban J connectivity index is 2.71. The number of aryl methyl sites for hydroxylation is 2. The molecule has 0 amide bonds. The topological polar surface area (TPSA) is 35.9 Å². The number of imidazole rings is 1. The molecule has 1 heterocycles. The summed E-state index contributed by atoms with van der Waals surface area (Å²) in [4.78, 5) is 0. The van der Waals surface area contributed by atoms with Crippen molar-refractivity contribution >= 4 is 15.6 Å². The van der Waals surface area contributed by atoms with Crippen LogP contribution in [0, 0.1) is 4.32 Å². The normalized spacial score (nSPS) is 10.4. The van der Waals surface area contributed by atoms with E-state index in [-0.39, 0.29) is 0 Å². The molecule has 11 heavy (non-hydrogen) atoms. The summed E-state index contributed by atoms with van der Waals surface area (Å²) in [6, 6.07) is 0. The van der Waals surface area contributed by atoms with E-state index in [1.165, 1.54) is 0 Å². The van der Waals surface area contributed by atoms with Gasteiger partial charge in [-0.15, -0.1) is 0 Å². The van der Waals surface area contributed by atoms with Gasteiger partial charge in [0, 0.05) is 0 Å².